The van der Waals surface area contributed by atoms with Gasteiger partial charge in [0.1, 0.15) is 18.4 Å². The highest BCUT2D eigenvalue weighted by Crippen LogP contribution is 2.44. The van der Waals surface area contributed by atoms with Crippen LogP contribution in [0.25, 0.3) is 11.1 Å². The summed E-state index contributed by atoms with van der Waals surface area (Å²) in [5.41, 5.74) is -1.14. The molecule has 1 fully saturated rings. The van der Waals surface area contributed by atoms with Crippen molar-refractivity contribution in [1.29, 1.82) is 0 Å². The number of benzene rings is 2. The Morgan fingerprint density at radius 2 is 1.44 bits per heavy atom. The van der Waals surface area contributed by atoms with Crippen molar-refractivity contribution in [3.63, 3.8) is 0 Å². The number of ether oxygens (including phenoxy) is 2. The third kappa shape index (κ3) is 5.89. The highest BCUT2D eigenvalue weighted by molar-refractivity contribution is 5.64. The largest absolute Gasteiger partial charge is 0.426 e. The molecule has 0 N–H and O–H groups in total. The molecule has 2 aromatic rings. The third-order valence-corrected chi connectivity index (χ3v) is 5.96. The zero-order valence-electron chi connectivity index (χ0n) is 18.3. The molecule has 1 aliphatic rings. The standard InChI is InChI=1S/C24H24F8O2/c1-2-33-13-34-18-9-7-15(8-10-18)14-3-5-16(6-4-14)17-11-19(25)21(20(26)12-17)23(28,29)22(27)24(30,31)32/h3-6,11-12,15,18,22H,2,7-10,13H2,1H3. The van der Waals surface area contributed by atoms with Crippen LogP contribution in [0.15, 0.2) is 36.4 Å². The Labute approximate surface area is 191 Å². The van der Waals surface area contributed by atoms with Gasteiger partial charge in [0, 0.05) is 6.61 Å². The molecule has 2 nitrogen and oxygen atoms in total. The van der Waals surface area contributed by atoms with E-state index in [0.29, 0.717) is 18.7 Å². The van der Waals surface area contributed by atoms with Gasteiger partial charge in [0.2, 0.25) is 0 Å². The van der Waals surface area contributed by atoms with E-state index in [9.17, 15) is 35.1 Å². The first-order valence-electron chi connectivity index (χ1n) is 10.8. The second kappa shape index (κ2) is 10.6. The van der Waals surface area contributed by atoms with Crippen LogP contribution in [0.5, 0.6) is 0 Å². The first kappa shape index (κ1) is 26.4. The molecule has 2 aromatic carbocycles. The second-order valence-electron chi connectivity index (χ2n) is 8.21. The predicted octanol–water partition coefficient (Wildman–Crippen LogP) is 7.66. The van der Waals surface area contributed by atoms with Gasteiger partial charge in [0.15, 0.2) is 0 Å². The van der Waals surface area contributed by atoms with Crippen LogP contribution in [0.4, 0.5) is 35.1 Å². The quantitative estimate of drug-likeness (QED) is 0.212. The Kier molecular flexibility index (Phi) is 8.23. The van der Waals surface area contributed by atoms with Gasteiger partial charge < -0.3 is 9.47 Å². The maximum Gasteiger partial charge on any atom is 0.426 e. The average Bonchev–Trinajstić information content (AvgIpc) is 2.78. The van der Waals surface area contributed by atoms with Crippen molar-refractivity contribution in [3.05, 3.63) is 59.2 Å². The Balaban J connectivity index is 1.73. The van der Waals surface area contributed by atoms with Crippen molar-refractivity contribution in [2.75, 3.05) is 13.4 Å². The fourth-order valence-electron chi connectivity index (χ4n) is 4.13. The van der Waals surface area contributed by atoms with E-state index in [0.717, 1.165) is 31.2 Å². The summed E-state index contributed by atoms with van der Waals surface area (Å²) in [4.78, 5) is 0. The summed E-state index contributed by atoms with van der Waals surface area (Å²) in [6, 6.07) is 7.55. The summed E-state index contributed by atoms with van der Waals surface area (Å²) in [5, 5.41) is 0. The lowest BCUT2D eigenvalue weighted by Gasteiger charge is -2.28. The summed E-state index contributed by atoms with van der Waals surface area (Å²) in [6.45, 7) is 2.70. The predicted molar refractivity (Wildman–Crippen MR) is 109 cm³/mol. The van der Waals surface area contributed by atoms with Crippen LogP contribution in [0.3, 0.4) is 0 Å². The van der Waals surface area contributed by atoms with Gasteiger partial charge in [-0.05, 0) is 67.3 Å². The SMILES string of the molecule is CCOCOC1CCC(c2ccc(-c3cc(F)c(C(F)(F)C(F)C(F)(F)F)c(F)c3)cc2)CC1. The number of rotatable bonds is 8. The molecule has 0 bridgehead atoms. The van der Waals surface area contributed by atoms with Gasteiger partial charge in [0.25, 0.3) is 6.17 Å². The Morgan fingerprint density at radius 3 is 1.94 bits per heavy atom. The summed E-state index contributed by atoms with van der Waals surface area (Å²) < 4.78 is 118. The van der Waals surface area contributed by atoms with Crippen LogP contribution >= 0.6 is 0 Å². The molecule has 0 heterocycles. The van der Waals surface area contributed by atoms with Crippen LogP contribution in [-0.4, -0.2) is 31.9 Å². The minimum absolute atomic E-state index is 0.117. The van der Waals surface area contributed by atoms with E-state index in [-0.39, 0.29) is 29.9 Å². The molecule has 1 saturated carbocycles. The van der Waals surface area contributed by atoms with Gasteiger partial charge in [-0.3, -0.25) is 0 Å². The maximum absolute atomic E-state index is 14.3. The van der Waals surface area contributed by atoms with Crippen molar-refractivity contribution >= 4 is 0 Å². The molecule has 3 rings (SSSR count). The molecule has 34 heavy (non-hydrogen) atoms. The summed E-state index contributed by atoms with van der Waals surface area (Å²) in [7, 11) is 0. The molecular weight excluding hydrogens is 472 g/mol. The van der Waals surface area contributed by atoms with Crippen molar-refractivity contribution in [2.24, 2.45) is 0 Å². The molecule has 1 atom stereocenters. The van der Waals surface area contributed by atoms with Gasteiger partial charge in [-0.15, -0.1) is 0 Å². The highest BCUT2D eigenvalue weighted by Gasteiger charge is 2.59. The Hall–Kier alpha value is -2.20. The molecule has 0 radical (unpaired) electrons. The molecule has 188 valence electrons. The molecule has 10 heteroatoms. The summed E-state index contributed by atoms with van der Waals surface area (Å²) in [5.74, 6) is -9.08. The van der Waals surface area contributed by atoms with Crippen molar-refractivity contribution in [2.45, 2.75) is 62.9 Å². The van der Waals surface area contributed by atoms with Crippen LogP contribution in [-0.2, 0) is 15.4 Å². The molecule has 0 spiro atoms. The number of halogens is 8. The van der Waals surface area contributed by atoms with Crippen molar-refractivity contribution in [3.8, 4) is 11.1 Å². The minimum Gasteiger partial charge on any atom is -0.356 e. The fourth-order valence-corrected chi connectivity index (χ4v) is 4.13. The normalized spacial score (nSPS) is 20.4. The third-order valence-electron chi connectivity index (χ3n) is 5.96. The maximum atomic E-state index is 14.3. The molecule has 0 saturated heterocycles. The number of hydrogen-bond donors (Lipinski definition) is 0. The zero-order chi connectivity index (χ0) is 25.1. The van der Waals surface area contributed by atoms with E-state index in [1.165, 1.54) is 0 Å². The first-order chi connectivity index (χ1) is 15.9. The van der Waals surface area contributed by atoms with E-state index >= 15 is 0 Å². The lowest BCUT2D eigenvalue weighted by atomic mass is 9.82. The first-order valence-corrected chi connectivity index (χ1v) is 10.8. The van der Waals surface area contributed by atoms with Crippen LogP contribution in [0.1, 0.15) is 49.7 Å². The average molecular weight is 496 g/mol. The number of hydrogen-bond acceptors (Lipinski definition) is 2. The summed E-state index contributed by atoms with van der Waals surface area (Å²) in [6.07, 6.45) is -7.18. The second-order valence-corrected chi connectivity index (χ2v) is 8.21. The molecular formula is C24H24F8O2. The van der Waals surface area contributed by atoms with Crippen molar-refractivity contribution in [1.82, 2.24) is 0 Å². The molecule has 0 aliphatic heterocycles. The van der Waals surface area contributed by atoms with Gasteiger partial charge in [-0.1, -0.05) is 24.3 Å². The Bertz CT molecular complexity index is 927. The van der Waals surface area contributed by atoms with Gasteiger partial charge >= 0.3 is 12.1 Å². The number of alkyl halides is 6. The fraction of sp³-hybridized carbons (Fsp3) is 0.500. The van der Waals surface area contributed by atoms with E-state index < -0.39 is 35.5 Å². The van der Waals surface area contributed by atoms with Crippen LogP contribution < -0.4 is 0 Å². The molecule has 1 unspecified atom stereocenters. The zero-order valence-corrected chi connectivity index (χ0v) is 18.3. The highest BCUT2D eigenvalue weighted by atomic mass is 19.4. The monoisotopic (exact) mass is 496 g/mol. The van der Waals surface area contributed by atoms with Crippen LogP contribution in [0.2, 0.25) is 0 Å². The van der Waals surface area contributed by atoms with Gasteiger partial charge in [0.05, 0.1) is 11.7 Å². The molecule has 0 amide bonds. The van der Waals surface area contributed by atoms with Crippen LogP contribution in [0, 0.1) is 11.6 Å². The molecule has 1 aliphatic carbocycles. The summed E-state index contributed by atoms with van der Waals surface area (Å²) >= 11 is 0. The van der Waals surface area contributed by atoms with E-state index in [4.69, 9.17) is 9.47 Å². The van der Waals surface area contributed by atoms with E-state index in [1.54, 1.807) is 24.3 Å². The van der Waals surface area contributed by atoms with E-state index in [2.05, 4.69) is 0 Å². The lowest BCUT2D eigenvalue weighted by Crippen LogP contribution is -2.40. The topological polar surface area (TPSA) is 18.5 Å². The van der Waals surface area contributed by atoms with Crippen molar-refractivity contribution < 1.29 is 44.6 Å². The minimum atomic E-state index is -5.98. The van der Waals surface area contributed by atoms with E-state index in [1.807, 2.05) is 6.92 Å². The molecule has 0 aromatic heterocycles. The Morgan fingerprint density at radius 1 is 0.882 bits per heavy atom. The lowest BCUT2D eigenvalue weighted by molar-refractivity contribution is -0.249. The van der Waals surface area contributed by atoms with Gasteiger partial charge in [-0.25, -0.2) is 13.2 Å². The van der Waals surface area contributed by atoms with Gasteiger partial charge in [-0.2, -0.15) is 22.0 Å². The smallest absolute Gasteiger partial charge is 0.356 e.